The average molecular weight is 415 g/mol. The Morgan fingerprint density at radius 2 is 1.89 bits per heavy atom. The van der Waals surface area contributed by atoms with Gasteiger partial charge in [-0.3, -0.25) is 19.1 Å². The lowest BCUT2D eigenvalue weighted by molar-refractivity contribution is 0.0475. The van der Waals surface area contributed by atoms with E-state index >= 15 is 0 Å². The summed E-state index contributed by atoms with van der Waals surface area (Å²) in [6.07, 6.45) is 0.549. The number of nitrogen functional groups attached to an aromatic ring is 2. The van der Waals surface area contributed by atoms with Gasteiger partial charge in [0.1, 0.15) is 11.4 Å². The molecule has 0 fully saturated rings. The van der Waals surface area contributed by atoms with Gasteiger partial charge >= 0.3 is 11.7 Å². The summed E-state index contributed by atoms with van der Waals surface area (Å²) in [4.78, 5) is 50.2. The van der Waals surface area contributed by atoms with Crippen molar-refractivity contribution >= 4 is 46.5 Å². The second-order valence-corrected chi connectivity index (χ2v) is 6.36. The van der Waals surface area contributed by atoms with Crippen molar-refractivity contribution in [2.75, 3.05) is 18.1 Å². The molecule has 0 radical (unpaired) electrons. The molecular weight excluding hydrogens is 399 g/mol. The van der Waals surface area contributed by atoms with Crippen LogP contribution in [0, 0.1) is 0 Å². The SMILES string of the molecule is CCCn1c(N)c(C(=O)COC(=O)c2cc(Cl)cc(Cl)c2N)c(=O)[nH]c1=O. The van der Waals surface area contributed by atoms with Crippen LogP contribution in [-0.4, -0.2) is 27.9 Å². The normalized spacial score (nSPS) is 10.6. The maximum absolute atomic E-state index is 12.3. The Morgan fingerprint density at radius 3 is 2.52 bits per heavy atom. The van der Waals surface area contributed by atoms with Crippen molar-refractivity contribution in [1.29, 1.82) is 0 Å². The van der Waals surface area contributed by atoms with Crippen molar-refractivity contribution in [3.05, 3.63) is 54.1 Å². The molecular formula is C16H16Cl2N4O5. The van der Waals surface area contributed by atoms with Crippen LogP contribution >= 0.6 is 23.2 Å². The van der Waals surface area contributed by atoms with Gasteiger partial charge in [-0.1, -0.05) is 30.1 Å². The van der Waals surface area contributed by atoms with Crippen LogP contribution in [0.25, 0.3) is 0 Å². The molecule has 0 unspecified atom stereocenters. The summed E-state index contributed by atoms with van der Waals surface area (Å²) in [7, 11) is 0. The van der Waals surface area contributed by atoms with Crippen LogP contribution < -0.4 is 22.7 Å². The Morgan fingerprint density at radius 1 is 1.22 bits per heavy atom. The number of nitrogens with two attached hydrogens (primary N) is 2. The zero-order valence-corrected chi connectivity index (χ0v) is 15.7. The van der Waals surface area contributed by atoms with Crippen molar-refractivity contribution in [2.24, 2.45) is 0 Å². The molecule has 0 bridgehead atoms. The highest BCUT2D eigenvalue weighted by Gasteiger charge is 2.22. The highest BCUT2D eigenvalue weighted by Crippen LogP contribution is 2.28. The molecule has 0 saturated carbocycles. The Kier molecular flexibility index (Phi) is 6.29. The van der Waals surface area contributed by atoms with E-state index in [9.17, 15) is 19.2 Å². The minimum absolute atomic E-state index is 0.0492. The first kappa shape index (κ1) is 20.5. The van der Waals surface area contributed by atoms with Crippen LogP contribution in [0.2, 0.25) is 10.0 Å². The van der Waals surface area contributed by atoms with E-state index in [0.717, 1.165) is 4.57 Å². The van der Waals surface area contributed by atoms with Crippen molar-refractivity contribution in [1.82, 2.24) is 9.55 Å². The largest absolute Gasteiger partial charge is 0.454 e. The molecule has 0 aliphatic carbocycles. The number of nitrogens with one attached hydrogen (secondary N) is 1. The molecule has 9 nitrogen and oxygen atoms in total. The van der Waals surface area contributed by atoms with Crippen molar-refractivity contribution in [3.8, 4) is 0 Å². The van der Waals surface area contributed by atoms with Crippen molar-refractivity contribution < 1.29 is 14.3 Å². The fourth-order valence-electron chi connectivity index (χ4n) is 2.34. The summed E-state index contributed by atoms with van der Waals surface area (Å²) in [5, 5.41) is 0.202. The van der Waals surface area contributed by atoms with Gasteiger partial charge in [0.2, 0.25) is 5.78 Å². The van der Waals surface area contributed by atoms with Gasteiger partial charge in [-0.05, 0) is 18.6 Å². The molecule has 144 valence electrons. The third-order valence-corrected chi connectivity index (χ3v) is 4.15. The second-order valence-electron chi connectivity index (χ2n) is 5.52. The van der Waals surface area contributed by atoms with Gasteiger partial charge in [0.05, 0.1) is 16.3 Å². The predicted molar refractivity (Wildman–Crippen MR) is 102 cm³/mol. The van der Waals surface area contributed by atoms with Gasteiger partial charge < -0.3 is 16.2 Å². The molecule has 11 heteroatoms. The van der Waals surface area contributed by atoms with E-state index in [1.54, 1.807) is 6.92 Å². The van der Waals surface area contributed by atoms with Crippen molar-refractivity contribution in [3.63, 3.8) is 0 Å². The molecule has 0 saturated heterocycles. The second kappa shape index (κ2) is 8.28. The fourth-order valence-corrected chi connectivity index (χ4v) is 2.83. The van der Waals surface area contributed by atoms with E-state index in [1.165, 1.54) is 12.1 Å². The van der Waals surface area contributed by atoms with Crippen molar-refractivity contribution in [2.45, 2.75) is 19.9 Å². The van der Waals surface area contributed by atoms with Gasteiger partial charge in [0.25, 0.3) is 5.56 Å². The van der Waals surface area contributed by atoms with Gasteiger partial charge in [-0.25, -0.2) is 9.59 Å². The van der Waals surface area contributed by atoms with E-state index in [4.69, 9.17) is 39.4 Å². The summed E-state index contributed by atoms with van der Waals surface area (Å²) in [5.74, 6) is -2.13. The number of carbonyl (C=O) groups is 2. The van der Waals surface area contributed by atoms with Crippen LogP contribution in [0.1, 0.15) is 34.1 Å². The van der Waals surface area contributed by atoms with E-state index in [0.29, 0.717) is 6.42 Å². The van der Waals surface area contributed by atoms with Crippen LogP contribution in [0.4, 0.5) is 11.5 Å². The predicted octanol–water partition coefficient (Wildman–Crippen LogP) is 1.46. The van der Waals surface area contributed by atoms with E-state index < -0.39 is 35.2 Å². The van der Waals surface area contributed by atoms with E-state index in [1.807, 2.05) is 4.98 Å². The third-order valence-electron chi connectivity index (χ3n) is 3.61. The zero-order valence-electron chi connectivity index (χ0n) is 14.2. The number of Topliss-reactive ketones (excluding diaryl/α,β-unsaturated/α-hetero) is 1. The lowest BCUT2D eigenvalue weighted by atomic mass is 10.1. The number of anilines is 2. The molecule has 2 rings (SSSR count). The van der Waals surface area contributed by atoms with Gasteiger partial charge in [-0.2, -0.15) is 0 Å². The average Bonchev–Trinajstić information content (AvgIpc) is 2.59. The minimum Gasteiger partial charge on any atom is -0.454 e. The van der Waals surface area contributed by atoms with E-state index in [-0.39, 0.29) is 33.7 Å². The third kappa shape index (κ3) is 4.32. The number of aromatic amines is 1. The summed E-state index contributed by atoms with van der Waals surface area (Å²) in [5.41, 5.74) is 9.14. The lowest BCUT2D eigenvalue weighted by Gasteiger charge is -2.12. The summed E-state index contributed by atoms with van der Waals surface area (Å²) >= 11 is 11.7. The minimum atomic E-state index is -0.962. The number of benzene rings is 1. The number of aromatic nitrogens is 2. The van der Waals surface area contributed by atoms with Crippen LogP contribution in [-0.2, 0) is 11.3 Å². The Hall–Kier alpha value is -2.78. The summed E-state index contributed by atoms with van der Waals surface area (Å²) in [6, 6.07) is 2.58. The molecule has 0 amide bonds. The molecule has 0 aliphatic rings. The summed E-state index contributed by atoms with van der Waals surface area (Å²) < 4.78 is 5.95. The highest BCUT2D eigenvalue weighted by atomic mass is 35.5. The molecule has 0 aliphatic heterocycles. The number of ketones is 1. The topological polar surface area (TPSA) is 150 Å². The first-order valence-electron chi connectivity index (χ1n) is 7.74. The maximum Gasteiger partial charge on any atom is 0.340 e. The molecule has 1 aromatic heterocycles. The molecule has 5 N–H and O–H groups in total. The molecule has 1 heterocycles. The first-order valence-corrected chi connectivity index (χ1v) is 8.50. The standard InChI is InChI=1S/C16H16Cl2N4O5/c1-2-3-22-13(20)11(14(24)21-16(22)26)10(23)6-27-15(25)8-4-7(17)5-9(18)12(8)19/h4-5H,2-3,6,19-20H2,1H3,(H,21,24,26). The number of carbonyl (C=O) groups excluding carboxylic acids is 2. The molecule has 1 aromatic carbocycles. The van der Waals surface area contributed by atoms with Crippen LogP contribution in [0.3, 0.4) is 0 Å². The number of nitrogens with zero attached hydrogens (tertiary/aromatic N) is 1. The Labute approximate surface area is 162 Å². The zero-order chi connectivity index (χ0) is 20.3. The van der Waals surface area contributed by atoms with E-state index in [2.05, 4.69) is 0 Å². The molecule has 0 spiro atoms. The number of H-pyrrole nitrogens is 1. The van der Waals surface area contributed by atoms with Gasteiger partial charge in [-0.15, -0.1) is 0 Å². The van der Waals surface area contributed by atoms with Crippen LogP contribution in [0.5, 0.6) is 0 Å². The molecule has 0 atom stereocenters. The number of halogens is 2. The van der Waals surface area contributed by atoms with Gasteiger partial charge in [0, 0.05) is 11.6 Å². The molecule has 27 heavy (non-hydrogen) atoms. The number of esters is 1. The Bertz CT molecular complexity index is 1030. The van der Waals surface area contributed by atoms with Crippen LogP contribution in [0.15, 0.2) is 21.7 Å². The number of hydrogen-bond acceptors (Lipinski definition) is 7. The first-order chi connectivity index (χ1) is 12.7. The highest BCUT2D eigenvalue weighted by molar-refractivity contribution is 6.37. The molecule has 2 aromatic rings. The summed E-state index contributed by atoms with van der Waals surface area (Å²) in [6.45, 7) is 1.21. The monoisotopic (exact) mass is 414 g/mol. The number of rotatable bonds is 6. The quantitative estimate of drug-likeness (QED) is 0.367. The smallest absolute Gasteiger partial charge is 0.340 e. The Balaban J connectivity index is 2.27. The number of hydrogen-bond donors (Lipinski definition) is 3. The number of ether oxygens (including phenoxy) is 1. The van der Waals surface area contributed by atoms with Gasteiger partial charge in [0.15, 0.2) is 6.61 Å². The fraction of sp³-hybridized carbons (Fsp3) is 0.250. The maximum atomic E-state index is 12.3. The lowest BCUT2D eigenvalue weighted by Crippen LogP contribution is -2.37.